The Morgan fingerprint density at radius 2 is 1.22 bits per heavy atom. The summed E-state index contributed by atoms with van der Waals surface area (Å²) in [6, 6.07) is 4.69. The summed E-state index contributed by atoms with van der Waals surface area (Å²) in [5.74, 6) is -3.60. The maximum atomic E-state index is 12.8. The number of fused-ring (bicyclic) bond motifs is 1. The van der Waals surface area contributed by atoms with Gasteiger partial charge >= 0.3 is 11.9 Å². The van der Waals surface area contributed by atoms with Crippen molar-refractivity contribution in [1.29, 1.82) is 0 Å². The molecular weight excluding hydrogens is 648 g/mol. The normalized spacial score (nSPS) is 16.3. The fourth-order valence-electron chi connectivity index (χ4n) is 7.24. The number of nitrogens with zero attached hydrogens (tertiary/aromatic N) is 2. The molecule has 0 radical (unpaired) electrons. The second-order valence-corrected chi connectivity index (χ2v) is 14.4. The number of amides is 4. The second-order valence-electron chi connectivity index (χ2n) is 14.4. The van der Waals surface area contributed by atoms with E-state index in [4.69, 9.17) is 4.74 Å². The van der Waals surface area contributed by atoms with Gasteiger partial charge in [0.2, 0.25) is 11.8 Å². The van der Waals surface area contributed by atoms with Crippen molar-refractivity contribution in [3.8, 4) is 0 Å². The van der Waals surface area contributed by atoms with Crippen LogP contribution in [-0.4, -0.2) is 69.7 Å². The lowest BCUT2D eigenvalue weighted by Gasteiger charge is -2.22. The molecule has 1 fully saturated rings. The first-order chi connectivity index (χ1) is 24.8. The number of benzene rings is 1. The third-order valence-electron chi connectivity index (χ3n) is 10.3. The Hall–Kier alpha value is -3.56. The fraction of sp³-hybridized carbons (Fsp3) is 0.707. The van der Waals surface area contributed by atoms with E-state index >= 15 is 0 Å². The smallest absolute Gasteiger partial charge is 0.326 e. The van der Waals surface area contributed by atoms with Crippen LogP contribution in [0.1, 0.15) is 182 Å². The first kappa shape index (κ1) is 41.9. The molecule has 2 unspecified atom stereocenters. The summed E-state index contributed by atoms with van der Waals surface area (Å²) in [7, 11) is 0. The van der Waals surface area contributed by atoms with E-state index in [9.17, 15) is 33.9 Å². The minimum atomic E-state index is -1.46. The average molecular weight is 711 g/mol. The lowest BCUT2D eigenvalue weighted by molar-refractivity contribution is -0.146. The van der Waals surface area contributed by atoms with Crippen LogP contribution in [0.3, 0.4) is 0 Å². The Morgan fingerprint density at radius 1 is 0.725 bits per heavy atom. The predicted octanol–water partition coefficient (Wildman–Crippen LogP) is 8.65. The molecule has 1 N–H and O–H groups in total. The number of ether oxygens (including phenoxy) is 1. The number of unbranched alkanes of at least 4 members (excludes halogenated alkanes) is 18. The van der Waals surface area contributed by atoms with E-state index in [1.165, 1.54) is 107 Å². The van der Waals surface area contributed by atoms with E-state index < -0.39 is 29.8 Å². The van der Waals surface area contributed by atoms with Crippen molar-refractivity contribution in [3.05, 3.63) is 35.4 Å². The molecule has 284 valence electrons. The summed E-state index contributed by atoms with van der Waals surface area (Å²) < 4.78 is 5.25. The van der Waals surface area contributed by atoms with Crippen molar-refractivity contribution in [2.45, 2.75) is 167 Å². The summed E-state index contributed by atoms with van der Waals surface area (Å²) in [5, 5.41) is 9.67. The summed E-state index contributed by atoms with van der Waals surface area (Å²) in [5.41, 5.74) is 0.306. The van der Waals surface area contributed by atoms with Crippen molar-refractivity contribution in [2.24, 2.45) is 5.92 Å². The Labute approximate surface area is 305 Å². The summed E-state index contributed by atoms with van der Waals surface area (Å²) in [4.78, 5) is 76.9. The van der Waals surface area contributed by atoms with Gasteiger partial charge in [0.15, 0.2) is 0 Å². The van der Waals surface area contributed by atoms with Gasteiger partial charge in [0.1, 0.15) is 6.04 Å². The lowest BCUT2D eigenvalue weighted by Crippen LogP contribution is -2.45. The fourth-order valence-corrected chi connectivity index (χ4v) is 7.24. The number of hydrogen-bond donors (Lipinski definition) is 1. The Kier molecular flexibility index (Phi) is 19.6. The number of rotatable bonds is 29. The van der Waals surface area contributed by atoms with Crippen LogP contribution in [0.25, 0.3) is 0 Å². The molecule has 1 saturated heterocycles. The summed E-state index contributed by atoms with van der Waals surface area (Å²) in [6.45, 7) is 2.84. The number of hydrogen-bond acceptors (Lipinski definition) is 7. The molecule has 2 atom stereocenters. The van der Waals surface area contributed by atoms with Gasteiger partial charge in [-0.25, -0.2) is 4.79 Å². The van der Waals surface area contributed by atoms with Gasteiger partial charge in [0.05, 0.1) is 17.7 Å². The van der Waals surface area contributed by atoms with E-state index in [-0.39, 0.29) is 48.3 Å². The Bertz CT molecular complexity index is 1240. The number of imide groups is 2. The van der Waals surface area contributed by atoms with Crippen LogP contribution in [-0.2, 0) is 23.9 Å². The predicted molar refractivity (Wildman–Crippen MR) is 196 cm³/mol. The van der Waals surface area contributed by atoms with Gasteiger partial charge in [-0.15, -0.1) is 0 Å². The molecule has 10 nitrogen and oxygen atoms in total. The van der Waals surface area contributed by atoms with Gasteiger partial charge in [0.25, 0.3) is 11.8 Å². The number of carboxylic acids is 1. The van der Waals surface area contributed by atoms with E-state index in [0.29, 0.717) is 30.7 Å². The zero-order valence-electron chi connectivity index (χ0n) is 31.0. The van der Waals surface area contributed by atoms with Crippen molar-refractivity contribution < 1.29 is 38.6 Å². The van der Waals surface area contributed by atoms with Crippen molar-refractivity contribution in [3.63, 3.8) is 0 Å². The highest BCUT2D eigenvalue weighted by molar-refractivity contribution is 6.22. The molecule has 2 aliphatic rings. The van der Waals surface area contributed by atoms with Gasteiger partial charge in [-0.2, -0.15) is 0 Å². The molecule has 1 aromatic carbocycles. The molecule has 51 heavy (non-hydrogen) atoms. The average Bonchev–Trinajstić information content (AvgIpc) is 3.53. The molecule has 0 aromatic heterocycles. The molecule has 0 bridgehead atoms. The third kappa shape index (κ3) is 14.2. The lowest BCUT2D eigenvalue weighted by atomic mass is 9.98. The minimum absolute atomic E-state index is 0.0317. The maximum absolute atomic E-state index is 12.8. The Morgan fingerprint density at radius 3 is 1.75 bits per heavy atom. The zero-order valence-corrected chi connectivity index (χ0v) is 31.0. The molecule has 0 saturated carbocycles. The summed E-state index contributed by atoms with van der Waals surface area (Å²) in [6.07, 6.45) is 24.4. The standard InChI is InChI=1S/C41H62N2O8/c1-2-3-4-5-6-7-8-9-10-11-12-13-14-15-16-19-24-32-31-36(44)42(38(32)46)29-22-17-18-23-30-51-37(45)28-27-35(41(49)50)43-39(47)33-25-20-21-26-34(33)40(43)48/h20-21,25-26,32,35H,2-19,22-24,27-31H2,1H3,(H,49,50). The number of aliphatic carboxylic acids is 1. The van der Waals surface area contributed by atoms with Crippen LogP contribution < -0.4 is 0 Å². The van der Waals surface area contributed by atoms with E-state index in [0.717, 1.165) is 32.1 Å². The first-order valence-electron chi connectivity index (χ1n) is 20.0. The first-order valence-corrected chi connectivity index (χ1v) is 20.0. The van der Waals surface area contributed by atoms with Crippen LogP contribution in [0.5, 0.6) is 0 Å². The molecule has 10 heteroatoms. The third-order valence-corrected chi connectivity index (χ3v) is 10.3. The molecule has 1 aromatic rings. The van der Waals surface area contributed by atoms with Crippen LogP contribution in [0, 0.1) is 5.92 Å². The van der Waals surface area contributed by atoms with Crippen LogP contribution in [0.2, 0.25) is 0 Å². The molecule has 2 aliphatic heterocycles. The van der Waals surface area contributed by atoms with Gasteiger partial charge < -0.3 is 9.84 Å². The largest absolute Gasteiger partial charge is 0.480 e. The van der Waals surface area contributed by atoms with Gasteiger partial charge in [-0.3, -0.25) is 33.8 Å². The molecule has 0 spiro atoms. The number of carbonyl (C=O) groups excluding carboxylic acids is 5. The molecule has 0 aliphatic carbocycles. The van der Waals surface area contributed by atoms with E-state index in [1.807, 2.05) is 0 Å². The zero-order chi connectivity index (χ0) is 36.8. The van der Waals surface area contributed by atoms with Gasteiger partial charge in [-0.1, -0.05) is 128 Å². The highest BCUT2D eigenvalue weighted by atomic mass is 16.5. The monoisotopic (exact) mass is 710 g/mol. The molecular formula is C41H62N2O8. The van der Waals surface area contributed by atoms with Crippen molar-refractivity contribution in [2.75, 3.05) is 13.2 Å². The van der Waals surface area contributed by atoms with Crippen molar-refractivity contribution >= 4 is 35.6 Å². The molecule has 3 rings (SSSR count). The van der Waals surface area contributed by atoms with Crippen LogP contribution in [0.15, 0.2) is 24.3 Å². The highest BCUT2D eigenvalue weighted by Gasteiger charge is 2.43. The topological polar surface area (TPSA) is 138 Å². The van der Waals surface area contributed by atoms with E-state index in [1.54, 1.807) is 12.1 Å². The number of esters is 1. The van der Waals surface area contributed by atoms with Crippen LogP contribution >= 0.6 is 0 Å². The SMILES string of the molecule is CCCCCCCCCCCCCCCCCCC1CC(=O)N(CCCCCCOC(=O)CCC(C(=O)O)N2C(=O)c3ccccc3C2=O)C1=O. The Balaban J connectivity index is 1.16. The minimum Gasteiger partial charge on any atom is -0.480 e. The number of carboxylic acid groups (broad SMARTS) is 1. The number of likely N-dealkylation sites (tertiary alicyclic amines) is 1. The van der Waals surface area contributed by atoms with E-state index in [2.05, 4.69) is 6.92 Å². The quantitative estimate of drug-likeness (QED) is 0.0495. The van der Waals surface area contributed by atoms with Gasteiger partial charge in [-0.05, 0) is 44.2 Å². The maximum Gasteiger partial charge on any atom is 0.326 e. The molecule has 2 heterocycles. The summed E-state index contributed by atoms with van der Waals surface area (Å²) >= 11 is 0. The highest BCUT2D eigenvalue weighted by Crippen LogP contribution is 2.27. The van der Waals surface area contributed by atoms with Crippen LogP contribution in [0.4, 0.5) is 0 Å². The molecule has 4 amide bonds. The van der Waals surface area contributed by atoms with Gasteiger partial charge in [0, 0.05) is 25.3 Å². The van der Waals surface area contributed by atoms with Crippen molar-refractivity contribution in [1.82, 2.24) is 9.80 Å². The number of carbonyl (C=O) groups is 6. The second kappa shape index (κ2) is 23.8.